The molecule has 0 aromatic carbocycles. The molecule has 0 radical (unpaired) electrons. The molecule has 1 saturated heterocycles. The van der Waals surface area contributed by atoms with E-state index < -0.39 is 0 Å². The van der Waals surface area contributed by atoms with Gasteiger partial charge in [-0.15, -0.1) is 0 Å². The molecule has 2 fully saturated rings. The fraction of sp³-hybridized carbons (Fsp3) is 0.929. The van der Waals surface area contributed by atoms with Crippen molar-refractivity contribution >= 4 is 6.03 Å². The molecule has 18 heavy (non-hydrogen) atoms. The molecule has 2 unspecified atom stereocenters. The molecule has 1 aliphatic heterocycles. The molecular weight excluding hydrogens is 228 g/mol. The zero-order valence-corrected chi connectivity index (χ0v) is 11.6. The van der Waals surface area contributed by atoms with Crippen LogP contribution < -0.4 is 10.6 Å². The number of hydrogen-bond acceptors (Lipinski definition) is 2. The van der Waals surface area contributed by atoms with Crippen molar-refractivity contribution in [2.24, 2.45) is 17.8 Å². The van der Waals surface area contributed by atoms with Gasteiger partial charge in [0.25, 0.3) is 0 Å². The molecule has 2 amide bonds. The number of carbonyl (C=O) groups is 1. The molecule has 2 aliphatic rings. The minimum Gasteiger partial charge on any atom is -0.379 e. The Balaban J connectivity index is 1.65. The molecule has 2 N–H and O–H groups in total. The third kappa shape index (κ3) is 4.16. The van der Waals surface area contributed by atoms with Crippen molar-refractivity contribution < 1.29 is 9.53 Å². The zero-order chi connectivity index (χ0) is 13.0. The van der Waals surface area contributed by atoms with Gasteiger partial charge in [-0.1, -0.05) is 13.8 Å². The Morgan fingerprint density at radius 3 is 2.56 bits per heavy atom. The summed E-state index contributed by atoms with van der Waals surface area (Å²) in [4.78, 5) is 11.7. The normalized spacial score (nSPS) is 36.3. The van der Waals surface area contributed by atoms with Crippen LogP contribution in [-0.2, 0) is 4.74 Å². The second-order valence-corrected chi connectivity index (χ2v) is 6.20. The molecule has 3 atom stereocenters. The molecule has 0 bridgehead atoms. The third-order valence-electron chi connectivity index (χ3n) is 4.09. The maximum absolute atomic E-state index is 11.7. The molecule has 1 heterocycles. The van der Waals surface area contributed by atoms with Gasteiger partial charge in [0, 0.05) is 13.2 Å². The van der Waals surface area contributed by atoms with Gasteiger partial charge in [-0.3, -0.25) is 0 Å². The lowest BCUT2D eigenvalue weighted by molar-refractivity contribution is 0.186. The van der Waals surface area contributed by atoms with Crippen LogP contribution in [0.4, 0.5) is 4.79 Å². The number of nitrogens with one attached hydrogen (secondary N) is 2. The van der Waals surface area contributed by atoms with Crippen molar-refractivity contribution in [2.45, 2.75) is 45.6 Å². The summed E-state index contributed by atoms with van der Waals surface area (Å²) in [6.45, 7) is 6.87. The van der Waals surface area contributed by atoms with Crippen molar-refractivity contribution in [3.8, 4) is 0 Å². The molecule has 1 saturated carbocycles. The minimum absolute atomic E-state index is 0.0311. The topological polar surface area (TPSA) is 50.4 Å². The van der Waals surface area contributed by atoms with Gasteiger partial charge < -0.3 is 15.4 Å². The van der Waals surface area contributed by atoms with E-state index in [1.807, 2.05) is 0 Å². The van der Waals surface area contributed by atoms with Crippen LogP contribution in [-0.4, -0.2) is 31.8 Å². The quantitative estimate of drug-likeness (QED) is 0.810. The Bertz CT molecular complexity index is 267. The van der Waals surface area contributed by atoms with Crippen LogP contribution in [0.3, 0.4) is 0 Å². The lowest BCUT2D eigenvalue weighted by atomic mass is 9.77. The Morgan fingerprint density at radius 1 is 1.22 bits per heavy atom. The number of rotatable bonds is 3. The molecule has 0 spiro atoms. The third-order valence-corrected chi connectivity index (χ3v) is 4.09. The van der Waals surface area contributed by atoms with Crippen molar-refractivity contribution in [3.63, 3.8) is 0 Å². The van der Waals surface area contributed by atoms with E-state index >= 15 is 0 Å². The van der Waals surface area contributed by atoms with Crippen LogP contribution in [0.25, 0.3) is 0 Å². The maximum atomic E-state index is 11.7. The Labute approximate surface area is 110 Å². The van der Waals surface area contributed by atoms with E-state index in [0.717, 1.165) is 31.4 Å². The molecular formula is C14H26N2O2. The van der Waals surface area contributed by atoms with E-state index in [1.54, 1.807) is 0 Å². The Morgan fingerprint density at radius 2 is 1.94 bits per heavy atom. The van der Waals surface area contributed by atoms with Crippen LogP contribution in [0.15, 0.2) is 0 Å². The monoisotopic (exact) mass is 254 g/mol. The van der Waals surface area contributed by atoms with Crippen molar-refractivity contribution in [3.05, 3.63) is 0 Å². The highest BCUT2D eigenvalue weighted by molar-refractivity contribution is 5.74. The average Bonchev–Trinajstić information content (AvgIpc) is 2.78. The summed E-state index contributed by atoms with van der Waals surface area (Å²) in [6, 6.07) is 0.172. The van der Waals surface area contributed by atoms with E-state index in [2.05, 4.69) is 24.5 Å². The average molecular weight is 254 g/mol. The first-order valence-electron chi connectivity index (χ1n) is 7.25. The summed E-state index contributed by atoms with van der Waals surface area (Å²) >= 11 is 0. The van der Waals surface area contributed by atoms with Crippen molar-refractivity contribution in [1.82, 2.24) is 10.6 Å². The zero-order valence-electron chi connectivity index (χ0n) is 11.6. The predicted octanol–water partition coefficient (Wildman–Crippen LogP) is 2.15. The molecule has 0 aromatic rings. The highest BCUT2D eigenvalue weighted by Gasteiger charge is 2.24. The summed E-state index contributed by atoms with van der Waals surface area (Å²) in [6.07, 6.45) is 4.77. The number of urea groups is 1. The first-order chi connectivity index (χ1) is 8.63. The van der Waals surface area contributed by atoms with E-state index in [4.69, 9.17) is 4.74 Å². The van der Waals surface area contributed by atoms with Gasteiger partial charge in [-0.25, -0.2) is 4.79 Å². The number of amides is 2. The van der Waals surface area contributed by atoms with Gasteiger partial charge in [0.1, 0.15) is 0 Å². The number of carbonyl (C=O) groups excluding carboxylic acids is 1. The van der Waals surface area contributed by atoms with Crippen LogP contribution in [0.2, 0.25) is 0 Å². The Hall–Kier alpha value is -0.770. The number of hydrogen-bond donors (Lipinski definition) is 2. The molecule has 4 heteroatoms. The fourth-order valence-electron chi connectivity index (χ4n) is 3.40. The first kappa shape index (κ1) is 13.7. The van der Waals surface area contributed by atoms with Crippen LogP contribution >= 0.6 is 0 Å². The predicted molar refractivity (Wildman–Crippen MR) is 71.4 cm³/mol. The summed E-state index contributed by atoms with van der Waals surface area (Å²) in [7, 11) is 0. The molecule has 4 nitrogen and oxygen atoms in total. The largest absolute Gasteiger partial charge is 0.379 e. The van der Waals surface area contributed by atoms with E-state index in [-0.39, 0.29) is 12.1 Å². The summed E-state index contributed by atoms with van der Waals surface area (Å²) < 4.78 is 5.24. The summed E-state index contributed by atoms with van der Waals surface area (Å²) in [5.74, 6) is 2.24. The lowest BCUT2D eigenvalue weighted by Crippen LogP contribution is -2.44. The van der Waals surface area contributed by atoms with Gasteiger partial charge in [0.05, 0.1) is 12.6 Å². The van der Waals surface area contributed by atoms with Gasteiger partial charge in [-0.05, 0) is 43.4 Å². The highest BCUT2D eigenvalue weighted by atomic mass is 16.5. The molecule has 1 aliphatic carbocycles. The fourth-order valence-corrected chi connectivity index (χ4v) is 3.40. The van der Waals surface area contributed by atoms with E-state index in [1.165, 1.54) is 19.3 Å². The van der Waals surface area contributed by atoms with Gasteiger partial charge >= 0.3 is 6.03 Å². The molecule has 104 valence electrons. The molecule has 0 aromatic heterocycles. The lowest BCUT2D eigenvalue weighted by Gasteiger charge is -2.31. The second kappa shape index (κ2) is 6.41. The SMILES string of the molecule is CC1CC(C)CC(CNC(=O)N[C@@H]2CCOC2)C1. The van der Waals surface area contributed by atoms with Gasteiger partial charge in [-0.2, -0.15) is 0 Å². The standard InChI is InChI=1S/C14H26N2O2/c1-10-5-11(2)7-12(6-10)8-15-14(17)16-13-3-4-18-9-13/h10-13H,3-9H2,1-2H3,(H2,15,16,17)/t10?,11?,12?,13-/m1/s1. The summed E-state index contributed by atoms with van der Waals surface area (Å²) in [5, 5.41) is 5.98. The van der Waals surface area contributed by atoms with Gasteiger partial charge in [0.2, 0.25) is 0 Å². The minimum atomic E-state index is -0.0311. The van der Waals surface area contributed by atoms with E-state index in [0.29, 0.717) is 12.5 Å². The number of ether oxygens (including phenoxy) is 1. The van der Waals surface area contributed by atoms with Crippen LogP contribution in [0, 0.1) is 17.8 Å². The van der Waals surface area contributed by atoms with E-state index in [9.17, 15) is 4.79 Å². The smallest absolute Gasteiger partial charge is 0.315 e. The van der Waals surface area contributed by atoms with Crippen LogP contribution in [0.1, 0.15) is 39.5 Å². The highest BCUT2D eigenvalue weighted by Crippen LogP contribution is 2.32. The summed E-state index contributed by atoms with van der Waals surface area (Å²) in [5.41, 5.74) is 0. The second-order valence-electron chi connectivity index (χ2n) is 6.20. The van der Waals surface area contributed by atoms with Crippen molar-refractivity contribution in [1.29, 1.82) is 0 Å². The van der Waals surface area contributed by atoms with Gasteiger partial charge in [0.15, 0.2) is 0 Å². The van der Waals surface area contributed by atoms with Crippen molar-refractivity contribution in [2.75, 3.05) is 19.8 Å². The van der Waals surface area contributed by atoms with Crippen LogP contribution in [0.5, 0.6) is 0 Å². The molecule has 2 rings (SSSR count). The maximum Gasteiger partial charge on any atom is 0.315 e. The first-order valence-corrected chi connectivity index (χ1v) is 7.25. The Kier molecular flexibility index (Phi) is 4.87.